The van der Waals surface area contributed by atoms with Gasteiger partial charge in [-0.15, -0.1) is 0 Å². The summed E-state index contributed by atoms with van der Waals surface area (Å²) in [4.78, 5) is 0. The standard InChI is InChI=1S/C9H11BN2/c1-6-3-4-8-7(5-6)9(10)11-12(8)2/h3-5H,10H2,1-2H3. The van der Waals surface area contributed by atoms with E-state index >= 15 is 0 Å². The van der Waals surface area contributed by atoms with Crippen LogP contribution in [0.15, 0.2) is 18.2 Å². The van der Waals surface area contributed by atoms with Crippen molar-refractivity contribution in [1.29, 1.82) is 0 Å². The van der Waals surface area contributed by atoms with Crippen molar-refractivity contribution in [2.75, 3.05) is 0 Å². The average Bonchev–Trinajstić information content (AvgIpc) is 2.28. The first-order chi connectivity index (χ1) is 5.68. The predicted molar refractivity (Wildman–Crippen MR) is 53.6 cm³/mol. The second-order valence-electron chi connectivity index (χ2n) is 3.23. The highest BCUT2D eigenvalue weighted by Gasteiger charge is 2.02. The summed E-state index contributed by atoms with van der Waals surface area (Å²) in [7, 11) is 4.02. The Morgan fingerprint density at radius 1 is 1.42 bits per heavy atom. The van der Waals surface area contributed by atoms with E-state index in [0.29, 0.717) is 0 Å². The molecule has 0 aliphatic rings. The number of hydrogen-bond acceptors (Lipinski definition) is 1. The van der Waals surface area contributed by atoms with Crippen molar-refractivity contribution in [3.63, 3.8) is 0 Å². The van der Waals surface area contributed by atoms with Gasteiger partial charge in [-0.3, -0.25) is 4.68 Å². The third-order valence-electron chi connectivity index (χ3n) is 2.19. The molecule has 0 aliphatic carbocycles. The van der Waals surface area contributed by atoms with Gasteiger partial charge >= 0.3 is 0 Å². The Morgan fingerprint density at radius 3 is 2.92 bits per heavy atom. The lowest BCUT2D eigenvalue weighted by atomic mass is 9.99. The highest BCUT2D eigenvalue weighted by molar-refractivity contribution is 6.37. The van der Waals surface area contributed by atoms with E-state index in [1.807, 2.05) is 19.6 Å². The Bertz CT molecular complexity index is 431. The van der Waals surface area contributed by atoms with Crippen LogP contribution in [-0.2, 0) is 7.05 Å². The minimum absolute atomic E-state index is 1.11. The molecule has 0 bridgehead atoms. The second-order valence-corrected chi connectivity index (χ2v) is 3.23. The highest BCUT2D eigenvalue weighted by Crippen LogP contribution is 2.11. The van der Waals surface area contributed by atoms with Crippen molar-refractivity contribution < 1.29 is 0 Å². The zero-order chi connectivity index (χ0) is 8.72. The summed E-state index contributed by atoms with van der Waals surface area (Å²) in [6.07, 6.45) is 0. The smallest absolute Gasteiger partial charge is 0.167 e. The van der Waals surface area contributed by atoms with E-state index in [9.17, 15) is 0 Å². The van der Waals surface area contributed by atoms with Crippen LogP contribution in [0.25, 0.3) is 10.9 Å². The topological polar surface area (TPSA) is 17.8 Å². The summed E-state index contributed by atoms with van der Waals surface area (Å²) in [6.45, 7) is 2.10. The van der Waals surface area contributed by atoms with E-state index in [0.717, 1.165) is 5.59 Å². The van der Waals surface area contributed by atoms with Gasteiger partial charge in [0.15, 0.2) is 7.85 Å². The number of benzene rings is 1. The van der Waals surface area contributed by atoms with Gasteiger partial charge in [0.25, 0.3) is 0 Å². The molecule has 0 saturated carbocycles. The van der Waals surface area contributed by atoms with Crippen molar-refractivity contribution in [1.82, 2.24) is 9.78 Å². The van der Waals surface area contributed by atoms with E-state index in [2.05, 4.69) is 30.2 Å². The number of nitrogens with zero attached hydrogens (tertiary/aromatic N) is 2. The Labute approximate surface area is 72.6 Å². The lowest BCUT2D eigenvalue weighted by Crippen LogP contribution is -2.05. The largest absolute Gasteiger partial charge is 0.269 e. The van der Waals surface area contributed by atoms with Gasteiger partial charge in [0.2, 0.25) is 0 Å². The van der Waals surface area contributed by atoms with Crippen LogP contribution >= 0.6 is 0 Å². The molecule has 0 radical (unpaired) electrons. The van der Waals surface area contributed by atoms with Crippen LogP contribution < -0.4 is 5.59 Å². The molecule has 2 rings (SSSR count). The van der Waals surface area contributed by atoms with Crippen molar-refractivity contribution in [2.24, 2.45) is 7.05 Å². The van der Waals surface area contributed by atoms with Gasteiger partial charge < -0.3 is 0 Å². The molecule has 0 aliphatic heterocycles. The fourth-order valence-corrected chi connectivity index (χ4v) is 1.55. The first-order valence-corrected chi connectivity index (χ1v) is 4.08. The van der Waals surface area contributed by atoms with Crippen LogP contribution in [0.5, 0.6) is 0 Å². The van der Waals surface area contributed by atoms with Gasteiger partial charge in [-0.25, -0.2) is 0 Å². The highest BCUT2D eigenvalue weighted by atomic mass is 15.3. The third-order valence-corrected chi connectivity index (χ3v) is 2.19. The van der Waals surface area contributed by atoms with Gasteiger partial charge in [0, 0.05) is 18.0 Å². The molecule has 3 heteroatoms. The Kier molecular flexibility index (Phi) is 1.46. The third kappa shape index (κ3) is 0.933. The molecule has 1 aromatic heterocycles. The molecule has 2 aromatic rings. The van der Waals surface area contributed by atoms with Gasteiger partial charge in [-0.2, -0.15) is 5.10 Å². The molecule has 1 aromatic carbocycles. The maximum atomic E-state index is 4.35. The summed E-state index contributed by atoms with van der Waals surface area (Å²) in [6, 6.07) is 6.41. The molecule has 0 unspecified atom stereocenters. The molecular formula is C9H11BN2. The Morgan fingerprint density at radius 2 is 2.17 bits per heavy atom. The molecular weight excluding hydrogens is 147 g/mol. The molecule has 12 heavy (non-hydrogen) atoms. The zero-order valence-electron chi connectivity index (χ0n) is 7.63. The molecule has 0 fully saturated rings. The van der Waals surface area contributed by atoms with Crippen LogP contribution in [0, 0.1) is 6.92 Å². The van der Waals surface area contributed by atoms with E-state index in [-0.39, 0.29) is 0 Å². The van der Waals surface area contributed by atoms with Crippen molar-refractivity contribution in [3.8, 4) is 0 Å². The Hall–Kier alpha value is -1.25. The number of fused-ring (bicyclic) bond motifs is 1. The number of aromatic nitrogens is 2. The van der Waals surface area contributed by atoms with Gasteiger partial charge in [-0.1, -0.05) is 11.6 Å². The quantitative estimate of drug-likeness (QED) is 0.498. The van der Waals surface area contributed by atoms with Gasteiger partial charge in [-0.05, 0) is 19.1 Å². The van der Waals surface area contributed by atoms with Gasteiger partial charge in [0.05, 0.1) is 5.52 Å². The van der Waals surface area contributed by atoms with E-state index in [1.165, 1.54) is 16.5 Å². The van der Waals surface area contributed by atoms with Gasteiger partial charge in [0.1, 0.15) is 0 Å². The van der Waals surface area contributed by atoms with Crippen LogP contribution in [-0.4, -0.2) is 17.6 Å². The van der Waals surface area contributed by atoms with E-state index in [4.69, 9.17) is 0 Å². The molecule has 60 valence electrons. The number of hydrogen-bond donors (Lipinski definition) is 0. The fraction of sp³-hybridized carbons (Fsp3) is 0.222. The maximum Gasteiger partial charge on any atom is 0.167 e. The average molecular weight is 158 g/mol. The van der Waals surface area contributed by atoms with Crippen molar-refractivity contribution in [3.05, 3.63) is 23.8 Å². The van der Waals surface area contributed by atoms with Crippen LogP contribution in [0.4, 0.5) is 0 Å². The normalized spacial score (nSPS) is 10.8. The molecule has 1 heterocycles. The second kappa shape index (κ2) is 2.37. The lowest BCUT2D eigenvalue weighted by Gasteiger charge is -1.94. The number of aryl methyl sites for hydroxylation is 2. The fourth-order valence-electron chi connectivity index (χ4n) is 1.55. The summed E-state index contributed by atoms with van der Waals surface area (Å²) in [5, 5.41) is 5.61. The SMILES string of the molecule is Bc1nn(C)c2ccc(C)cc12. The molecule has 0 atom stereocenters. The summed E-state index contributed by atoms with van der Waals surface area (Å²) < 4.78 is 1.92. The van der Waals surface area contributed by atoms with Crippen LogP contribution in [0.1, 0.15) is 5.56 Å². The molecule has 0 spiro atoms. The molecule has 0 saturated heterocycles. The van der Waals surface area contributed by atoms with E-state index in [1.54, 1.807) is 0 Å². The summed E-state index contributed by atoms with van der Waals surface area (Å²) in [5.74, 6) is 0. The predicted octanol–water partition coefficient (Wildman–Crippen LogP) is 0.140. The Balaban J connectivity index is 2.90. The summed E-state index contributed by atoms with van der Waals surface area (Å²) in [5.41, 5.74) is 3.60. The molecule has 0 N–H and O–H groups in total. The monoisotopic (exact) mass is 158 g/mol. The minimum atomic E-state index is 1.11. The van der Waals surface area contributed by atoms with E-state index < -0.39 is 0 Å². The lowest BCUT2D eigenvalue weighted by molar-refractivity contribution is 0.807. The van der Waals surface area contributed by atoms with Crippen LogP contribution in [0.2, 0.25) is 0 Å². The maximum absolute atomic E-state index is 4.35. The number of rotatable bonds is 0. The molecule has 2 nitrogen and oxygen atoms in total. The zero-order valence-corrected chi connectivity index (χ0v) is 7.63. The molecule has 0 amide bonds. The minimum Gasteiger partial charge on any atom is -0.269 e. The van der Waals surface area contributed by atoms with Crippen molar-refractivity contribution >= 4 is 24.3 Å². The first-order valence-electron chi connectivity index (χ1n) is 4.08. The summed E-state index contributed by atoms with van der Waals surface area (Å²) >= 11 is 0. The first kappa shape index (κ1) is 7.41. The van der Waals surface area contributed by atoms with Crippen molar-refractivity contribution in [2.45, 2.75) is 6.92 Å². The van der Waals surface area contributed by atoms with Crippen LogP contribution in [0.3, 0.4) is 0 Å².